The van der Waals surface area contributed by atoms with Gasteiger partial charge in [-0.25, -0.2) is 0 Å². The van der Waals surface area contributed by atoms with Crippen LogP contribution in [0.5, 0.6) is 11.5 Å². The monoisotopic (exact) mass is 428 g/mol. The van der Waals surface area contributed by atoms with Gasteiger partial charge in [-0.3, -0.25) is 14.6 Å². The first-order valence-electron chi connectivity index (χ1n) is 10.1. The first-order valence-corrected chi connectivity index (χ1v) is 10.1. The molecule has 1 aliphatic rings. The molecule has 7 heteroatoms. The molecule has 0 saturated carbocycles. The number of aromatic nitrogens is 1. The van der Waals surface area contributed by atoms with E-state index < -0.39 is 6.04 Å². The molecule has 0 radical (unpaired) electrons. The number of pyridine rings is 1. The van der Waals surface area contributed by atoms with Crippen molar-refractivity contribution >= 4 is 16.9 Å². The Hall–Kier alpha value is -4.13. The van der Waals surface area contributed by atoms with Gasteiger partial charge in [-0.1, -0.05) is 23.8 Å². The summed E-state index contributed by atoms with van der Waals surface area (Å²) in [5, 5.41) is 10.5. The minimum absolute atomic E-state index is 0.0271. The molecule has 0 aliphatic carbocycles. The largest absolute Gasteiger partial charge is 0.504 e. The fraction of sp³-hybridized carbons (Fsp3) is 0.160. The van der Waals surface area contributed by atoms with E-state index in [0.29, 0.717) is 16.5 Å². The van der Waals surface area contributed by atoms with Crippen molar-refractivity contribution in [1.82, 2.24) is 9.88 Å². The SMILES string of the molecule is COc1cc([C@@H]2c3c(oc4ccc(C)cc4c3=O)C(=O)N2Cc2cccnc2)ccc1O. The van der Waals surface area contributed by atoms with Crippen LogP contribution >= 0.6 is 0 Å². The van der Waals surface area contributed by atoms with Crippen LogP contribution in [0.25, 0.3) is 11.0 Å². The third-order valence-corrected chi connectivity index (χ3v) is 5.72. The molecule has 0 spiro atoms. The van der Waals surface area contributed by atoms with Gasteiger partial charge in [-0.15, -0.1) is 0 Å². The summed E-state index contributed by atoms with van der Waals surface area (Å²) in [4.78, 5) is 32.8. The fourth-order valence-corrected chi connectivity index (χ4v) is 4.20. The smallest absolute Gasteiger partial charge is 0.291 e. The summed E-state index contributed by atoms with van der Waals surface area (Å²) in [7, 11) is 1.45. The van der Waals surface area contributed by atoms with Gasteiger partial charge >= 0.3 is 0 Å². The standard InChI is InChI=1S/C25H20N2O5/c1-14-5-8-19-17(10-14)23(29)21-22(16-6-7-18(28)20(11-16)31-2)27(25(30)24(21)32-19)13-15-4-3-9-26-12-15/h3-12,22,28H,13H2,1-2H3/t22-/m1/s1. The third kappa shape index (κ3) is 3.10. The molecule has 1 N–H and O–H groups in total. The summed E-state index contributed by atoms with van der Waals surface area (Å²) in [6, 6.07) is 13.1. The number of phenols is 1. The van der Waals surface area contributed by atoms with Gasteiger partial charge in [-0.2, -0.15) is 0 Å². The number of carbonyl (C=O) groups is 1. The topological polar surface area (TPSA) is 92.9 Å². The van der Waals surface area contributed by atoms with Crippen molar-refractivity contribution in [3.05, 3.63) is 99.2 Å². The zero-order chi connectivity index (χ0) is 22.4. The van der Waals surface area contributed by atoms with Gasteiger partial charge < -0.3 is 19.2 Å². The molecule has 0 saturated heterocycles. The summed E-state index contributed by atoms with van der Waals surface area (Å²) >= 11 is 0. The minimum Gasteiger partial charge on any atom is -0.504 e. The fourth-order valence-electron chi connectivity index (χ4n) is 4.20. The van der Waals surface area contributed by atoms with Gasteiger partial charge in [0.25, 0.3) is 5.91 Å². The predicted octanol–water partition coefficient (Wildman–Crippen LogP) is 3.96. The average Bonchev–Trinajstić information content (AvgIpc) is 3.07. The average molecular weight is 428 g/mol. The number of carbonyl (C=O) groups excluding carboxylic acids is 1. The van der Waals surface area contributed by atoms with E-state index >= 15 is 0 Å². The summed E-state index contributed by atoms with van der Waals surface area (Å²) < 4.78 is 11.2. The number of hydrogen-bond donors (Lipinski definition) is 1. The van der Waals surface area contributed by atoms with Crippen molar-refractivity contribution in [3.8, 4) is 11.5 Å². The Morgan fingerprint density at radius 1 is 1.16 bits per heavy atom. The number of aromatic hydroxyl groups is 1. The zero-order valence-corrected chi connectivity index (χ0v) is 17.5. The Morgan fingerprint density at radius 2 is 2.00 bits per heavy atom. The van der Waals surface area contributed by atoms with E-state index in [1.165, 1.54) is 13.2 Å². The summed E-state index contributed by atoms with van der Waals surface area (Å²) in [5.74, 6) is -0.112. The number of amides is 1. The maximum Gasteiger partial charge on any atom is 0.291 e. The van der Waals surface area contributed by atoms with Crippen molar-refractivity contribution in [3.63, 3.8) is 0 Å². The molecule has 7 nitrogen and oxygen atoms in total. The maximum absolute atomic E-state index is 13.6. The molecule has 1 aliphatic heterocycles. The second-order valence-corrected chi connectivity index (χ2v) is 7.80. The lowest BCUT2D eigenvalue weighted by atomic mass is 9.97. The second-order valence-electron chi connectivity index (χ2n) is 7.80. The van der Waals surface area contributed by atoms with Crippen LogP contribution in [-0.2, 0) is 6.54 Å². The van der Waals surface area contributed by atoms with E-state index in [1.807, 2.05) is 19.1 Å². The van der Waals surface area contributed by atoms with Crippen LogP contribution in [0.4, 0.5) is 0 Å². The Bertz CT molecular complexity index is 1410. The predicted molar refractivity (Wildman–Crippen MR) is 118 cm³/mol. The maximum atomic E-state index is 13.6. The van der Waals surface area contributed by atoms with E-state index in [9.17, 15) is 14.7 Å². The molecule has 1 atom stereocenters. The van der Waals surface area contributed by atoms with Gasteiger partial charge in [0.05, 0.1) is 24.1 Å². The summed E-state index contributed by atoms with van der Waals surface area (Å²) in [6.07, 6.45) is 3.34. The van der Waals surface area contributed by atoms with Gasteiger partial charge in [0.1, 0.15) is 5.58 Å². The number of ether oxygens (including phenoxy) is 1. The molecule has 1 amide bonds. The Kier molecular flexibility index (Phi) is 4.66. The van der Waals surface area contributed by atoms with E-state index in [-0.39, 0.29) is 40.7 Å². The third-order valence-electron chi connectivity index (χ3n) is 5.72. The molecule has 32 heavy (non-hydrogen) atoms. The first kappa shape index (κ1) is 19.8. The normalized spacial score (nSPS) is 15.2. The van der Waals surface area contributed by atoms with Crippen molar-refractivity contribution in [2.45, 2.75) is 19.5 Å². The van der Waals surface area contributed by atoms with E-state index in [2.05, 4.69) is 4.98 Å². The molecule has 2 aromatic carbocycles. The number of benzene rings is 2. The highest BCUT2D eigenvalue weighted by molar-refractivity contribution is 5.99. The van der Waals surface area contributed by atoms with E-state index in [0.717, 1.165) is 11.1 Å². The van der Waals surface area contributed by atoms with Crippen molar-refractivity contribution in [1.29, 1.82) is 0 Å². The number of nitrogens with zero attached hydrogens (tertiary/aromatic N) is 2. The van der Waals surface area contributed by atoms with Gasteiger partial charge in [0.15, 0.2) is 16.9 Å². The number of aryl methyl sites for hydroxylation is 1. The number of hydrogen-bond acceptors (Lipinski definition) is 6. The number of methoxy groups -OCH3 is 1. The summed E-state index contributed by atoms with van der Waals surface area (Å²) in [5.41, 5.74) is 2.78. The Morgan fingerprint density at radius 3 is 2.75 bits per heavy atom. The van der Waals surface area contributed by atoms with Crippen LogP contribution < -0.4 is 10.2 Å². The molecule has 2 aromatic heterocycles. The van der Waals surface area contributed by atoms with Crippen LogP contribution in [0.15, 0.2) is 70.1 Å². The zero-order valence-electron chi connectivity index (χ0n) is 17.5. The second kappa shape index (κ2) is 7.53. The lowest BCUT2D eigenvalue weighted by Gasteiger charge is -2.25. The highest BCUT2D eigenvalue weighted by atomic mass is 16.5. The van der Waals surface area contributed by atoms with Gasteiger partial charge in [0, 0.05) is 18.9 Å². The molecule has 160 valence electrons. The van der Waals surface area contributed by atoms with Gasteiger partial charge in [-0.05, 0) is 48.4 Å². The molecule has 3 heterocycles. The van der Waals surface area contributed by atoms with Crippen LogP contribution in [0.1, 0.15) is 38.9 Å². The highest BCUT2D eigenvalue weighted by Crippen LogP contribution is 2.41. The number of fused-ring (bicyclic) bond motifs is 2. The molecule has 0 bridgehead atoms. The molecule has 4 aromatic rings. The lowest BCUT2D eigenvalue weighted by Crippen LogP contribution is -2.29. The number of phenolic OH excluding ortho intramolecular Hbond substituents is 1. The van der Waals surface area contributed by atoms with Crippen LogP contribution in [0.3, 0.4) is 0 Å². The Balaban J connectivity index is 1.75. The highest BCUT2D eigenvalue weighted by Gasteiger charge is 2.43. The first-order chi connectivity index (χ1) is 15.5. The lowest BCUT2D eigenvalue weighted by molar-refractivity contribution is 0.0714. The van der Waals surface area contributed by atoms with Crippen molar-refractivity contribution in [2.75, 3.05) is 7.11 Å². The van der Waals surface area contributed by atoms with Crippen molar-refractivity contribution in [2.24, 2.45) is 0 Å². The molecule has 0 unspecified atom stereocenters. The van der Waals surface area contributed by atoms with E-state index in [4.69, 9.17) is 9.15 Å². The summed E-state index contributed by atoms with van der Waals surface area (Å²) in [6.45, 7) is 2.13. The van der Waals surface area contributed by atoms with Crippen LogP contribution in [-0.4, -0.2) is 28.0 Å². The molecule has 5 rings (SSSR count). The number of rotatable bonds is 4. The van der Waals surface area contributed by atoms with Crippen LogP contribution in [0.2, 0.25) is 0 Å². The molecule has 0 fully saturated rings. The van der Waals surface area contributed by atoms with Crippen molar-refractivity contribution < 1.29 is 19.1 Å². The van der Waals surface area contributed by atoms with E-state index in [1.54, 1.807) is 47.6 Å². The molecular weight excluding hydrogens is 408 g/mol. The minimum atomic E-state index is -0.701. The quantitative estimate of drug-likeness (QED) is 0.529. The van der Waals surface area contributed by atoms with Gasteiger partial charge in [0.2, 0.25) is 5.76 Å². The molecular formula is C25H20N2O5. The Labute approximate surface area is 183 Å². The van der Waals surface area contributed by atoms with Crippen LogP contribution in [0, 0.1) is 6.92 Å².